The van der Waals surface area contributed by atoms with Gasteiger partial charge in [-0.2, -0.15) is 0 Å². The number of amides is 2. The maximum atomic E-state index is 11.9. The van der Waals surface area contributed by atoms with E-state index in [1.54, 1.807) is 11.3 Å². The van der Waals surface area contributed by atoms with E-state index in [4.69, 9.17) is 9.97 Å². The number of likely N-dealkylation sites (N-methyl/N-ethyl adjacent to an activating group) is 1. The zero-order valence-electron chi connectivity index (χ0n) is 20.7. The summed E-state index contributed by atoms with van der Waals surface area (Å²) in [6.45, 7) is 8.88. The van der Waals surface area contributed by atoms with Gasteiger partial charge in [-0.15, -0.1) is 11.3 Å². The number of hydrogen-bond acceptors (Lipinski definition) is 7. The number of urea groups is 1. The van der Waals surface area contributed by atoms with Gasteiger partial charge in [-0.3, -0.25) is 0 Å². The highest BCUT2D eigenvalue weighted by molar-refractivity contribution is 7.15. The van der Waals surface area contributed by atoms with Gasteiger partial charge in [-0.05, 0) is 38.6 Å². The van der Waals surface area contributed by atoms with Crippen LogP contribution in [0.25, 0.3) is 21.8 Å². The van der Waals surface area contributed by atoms with Gasteiger partial charge >= 0.3 is 6.03 Å². The Bertz CT molecular complexity index is 1080. The van der Waals surface area contributed by atoms with E-state index in [1.165, 1.54) is 0 Å². The molecule has 3 N–H and O–H groups in total. The summed E-state index contributed by atoms with van der Waals surface area (Å²) in [6.07, 6.45) is 2.85. The smallest absolute Gasteiger partial charge is 0.315 e. The molecule has 0 saturated heterocycles. The van der Waals surface area contributed by atoms with Crippen molar-refractivity contribution in [3.05, 3.63) is 47.1 Å². The summed E-state index contributed by atoms with van der Waals surface area (Å²) in [5.41, 5.74) is 3.61. The Morgan fingerprint density at radius 2 is 1.88 bits per heavy atom. The molecule has 34 heavy (non-hydrogen) atoms. The van der Waals surface area contributed by atoms with E-state index >= 15 is 0 Å². The molecule has 0 bridgehead atoms. The number of rotatable bonds is 11. The third-order valence-corrected chi connectivity index (χ3v) is 6.07. The Kier molecular flexibility index (Phi) is 9.35. The quantitative estimate of drug-likeness (QED) is 0.379. The largest absolute Gasteiger partial charge is 0.353 e. The van der Waals surface area contributed by atoms with Crippen LogP contribution < -0.4 is 16.0 Å². The first-order valence-corrected chi connectivity index (χ1v) is 12.5. The molecule has 3 aromatic rings. The number of anilines is 1. The third-order valence-electron chi connectivity index (χ3n) is 5.03. The summed E-state index contributed by atoms with van der Waals surface area (Å²) in [5, 5.41) is 10.2. The van der Waals surface area contributed by atoms with Crippen LogP contribution in [-0.4, -0.2) is 59.6 Å². The van der Waals surface area contributed by atoms with Crippen molar-refractivity contribution in [1.29, 1.82) is 0 Å². The Morgan fingerprint density at radius 3 is 2.62 bits per heavy atom. The van der Waals surface area contributed by atoms with Crippen LogP contribution in [0.1, 0.15) is 31.3 Å². The molecule has 0 spiro atoms. The fourth-order valence-electron chi connectivity index (χ4n) is 3.38. The first kappa shape index (κ1) is 25.6. The maximum Gasteiger partial charge on any atom is 0.315 e. The third kappa shape index (κ3) is 7.50. The maximum absolute atomic E-state index is 11.9. The molecule has 2 amide bonds. The van der Waals surface area contributed by atoms with Gasteiger partial charge in [0.1, 0.15) is 0 Å². The highest BCUT2D eigenvalue weighted by Crippen LogP contribution is 2.31. The van der Waals surface area contributed by atoms with E-state index in [2.05, 4.69) is 39.7 Å². The topological polar surface area (TPSA) is 95.1 Å². The zero-order chi connectivity index (χ0) is 24.5. The minimum absolute atomic E-state index is 0.186. The molecule has 0 saturated carbocycles. The fourth-order valence-corrected chi connectivity index (χ4v) is 4.47. The average molecular weight is 482 g/mol. The summed E-state index contributed by atoms with van der Waals surface area (Å²) < 4.78 is 0. The van der Waals surface area contributed by atoms with Crippen molar-refractivity contribution >= 4 is 23.3 Å². The molecule has 9 heteroatoms. The first-order chi connectivity index (χ1) is 16.4. The van der Waals surface area contributed by atoms with Gasteiger partial charge in [0.2, 0.25) is 5.95 Å². The van der Waals surface area contributed by atoms with Gasteiger partial charge in [0.25, 0.3) is 0 Å². The fraction of sp³-hybridized carbons (Fsp3) is 0.440. The Hall–Kier alpha value is -3.04. The van der Waals surface area contributed by atoms with Gasteiger partial charge in [0, 0.05) is 44.4 Å². The van der Waals surface area contributed by atoms with Crippen LogP contribution in [0.4, 0.5) is 10.7 Å². The zero-order valence-corrected chi connectivity index (χ0v) is 21.5. The van der Waals surface area contributed by atoms with Gasteiger partial charge < -0.3 is 20.9 Å². The highest BCUT2D eigenvalue weighted by atomic mass is 32.1. The minimum atomic E-state index is -0.186. The van der Waals surface area contributed by atoms with E-state index in [-0.39, 0.29) is 6.03 Å². The van der Waals surface area contributed by atoms with Gasteiger partial charge in [0.05, 0.1) is 21.3 Å². The van der Waals surface area contributed by atoms with Crippen molar-refractivity contribution in [2.45, 2.75) is 33.7 Å². The summed E-state index contributed by atoms with van der Waals surface area (Å²) >= 11 is 1.68. The van der Waals surface area contributed by atoms with Crippen LogP contribution in [-0.2, 0) is 13.0 Å². The monoisotopic (exact) mass is 481 g/mol. The number of hydrogen-bond donors (Lipinski definition) is 3. The summed E-state index contributed by atoms with van der Waals surface area (Å²) in [5.74, 6) is 1.13. The van der Waals surface area contributed by atoms with Crippen molar-refractivity contribution < 1.29 is 4.79 Å². The van der Waals surface area contributed by atoms with E-state index < -0.39 is 0 Å². The number of carbonyl (C=O) groups is 1. The summed E-state index contributed by atoms with van der Waals surface area (Å²) in [6, 6.07) is 9.82. The van der Waals surface area contributed by atoms with Gasteiger partial charge in [0.15, 0.2) is 0 Å². The van der Waals surface area contributed by atoms with E-state index in [9.17, 15) is 4.79 Å². The second kappa shape index (κ2) is 12.4. The SMILES string of the molecule is CCNC(=O)NCc1ccccc1-c1cc(-c2cnc(CC(C)C)s2)nc(NCCN(C)C)n1. The molecule has 2 heterocycles. The van der Waals surface area contributed by atoms with Crippen LogP contribution >= 0.6 is 11.3 Å². The number of carbonyl (C=O) groups excluding carboxylic acids is 1. The standard InChI is InChI=1S/C25H35N7OS/c1-6-26-25(33)29-15-18-9-7-8-10-19(18)20-14-21(22-16-28-23(34-22)13-17(2)3)31-24(30-20)27-11-12-32(4)5/h7-10,14,16-17H,6,11-13,15H2,1-5H3,(H2,26,29,33)(H,27,30,31). The van der Waals surface area contributed by atoms with Crippen molar-refractivity contribution in [1.82, 2.24) is 30.5 Å². The predicted molar refractivity (Wildman–Crippen MR) is 140 cm³/mol. The molecule has 0 radical (unpaired) electrons. The summed E-state index contributed by atoms with van der Waals surface area (Å²) in [4.78, 5) is 29.3. The number of benzene rings is 1. The molecular weight excluding hydrogens is 446 g/mol. The molecule has 182 valence electrons. The van der Waals surface area contributed by atoms with Crippen LogP contribution in [0.2, 0.25) is 0 Å². The van der Waals surface area contributed by atoms with E-state index in [1.807, 2.05) is 57.5 Å². The summed E-state index contributed by atoms with van der Waals surface area (Å²) in [7, 11) is 4.08. The van der Waals surface area contributed by atoms with Crippen molar-refractivity contribution in [2.75, 3.05) is 39.0 Å². The molecule has 0 aliphatic heterocycles. The molecule has 1 aromatic carbocycles. The molecule has 8 nitrogen and oxygen atoms in total. The molecule has 0 unspecified atom stereocenters. The lowest BCUT2D eigenvalue weighted by molar-refractivity contribution is 0.241. The van der Waals surface area contributed by atoms with Crippen LogP contribution in [0, 0.1) is 5.92 Å². The lowest BCUT2D eigenvalue weighted by Crippen LogP contribution is -2.34. The van der Waals surface area contributed by atoms with Crippen molar-refractivity contribution in [2.24, 2.45) is 5.92 Å². The van der Waals surface area contributed by atoms with Crippen molar-refractivity contribution in [3.63, 3.8) is 0 Å². The molecule has 0 fully saturated rings. The Morgan fingerprint density at radius 1 is 1.12 bits per heavy atom. The van der Waals surface area contributed by atoms with Crippen molar-refractivity contribution in [3.8, 4) is 21.8 Å². The normalized spacial score (nSPS) is 11.1. The lowest BCUT2D eigenvalue weighted by Gasteiger charge is -2.14. The first-order valence-electron chi connectivity index (χ1n) is 11.7. The van der Waals surface area contributed by atoms with E-state index in [0.29, 0.717) is 25.0 Å². The van der Waals surface area contributed by atoms with Gasteiger partial charge in [-0.1, -0.05) is 38.1 Å². The second-order valence-electron chi connectivity index (χ2n) is 8.78. The highest BCUT2D eigenvalue weighted by Gasteiger charge is 2.14. The predicted octanol–water partition coefficient (Wildman–Crippen LogP) is 4.26. The van der Waals surface area contributed by atoms with Crippen LogP contribution in [0.3, 0.4) is 0 Å². The minimum Gasteiger partial charge on any atom is -0.353 e. The second-order valence-corrected chi connectivity index (χ2v) is 9.89. The average Bonchev–Trinajstić information content (AvgIpc) is 3.25. The molecule has 3 rings (SSSR count). The van der Waals surface area contributed by atoms with Crippen LogP contribution in [0.15, 0.2) is 36.5 Å². The Labute approximate surface area is 206 Å². The number of aromatic nitrogens is 3. The molecular formula is C25H35N7OS. The number of nitrogens with one attached hydrogen (secondary N) is 3. The van der Waals surface area contributed by atoms with Gasteiger partial charge in [-0.25, -0.2) is 19.7 Å². The molecule has 2 aromatic heterocycles. The molecule has 0 aliphatic carbocycles. The Balaban J connectivity index is 1.95. The number of nitrogens with zero attached hydrogens (tertiary/aromatic N) is 4. The molecule has 0 aliphatic rings. The molecule has 0 atom stereocenters. The number of thiazole rings is 1. The lowest BCUT2D eigenvalue weighted by atomic mass is 10.0. The van der Waals surface area contributed by atoms with E-state index in [0.717, 1.165) is 51.9 Å². The van der Waals surface area contributed by atoms with Crippen LogP contribution in [0.5, 0.6) is 0 Å².